The zero-order valence-corrected chi connectivity index (χ0v) is 15.9. The van der Waals surface area contributed by atoms with Crippen LogP contribution in [0.3, 0.4) is 0 Å². The molecule has 0 saturated carbocycles. The second-order valence-electron chi connectivity index (χ2n) is 6.13. The number of nitrogens with one attached hydrogen (secondary N) is 1. The predicted molar refractivity (Wildman–Crippen MR) is 106 cm³/mol. The molecule has 1 heterocycles. The van der Waals surface area contributed by atoms with E-state index in [0.29, 0.717) is 17.0 Å². The Kier molecular flexibility index (Phi) is 5.60. The molecule has 0 fully saturated rings. The Morgan fingerprint density at radius 2 is 1.89 bits per heavy atom. The molecule has 8 heteroatoms. The summed E-state index contributed by atoms with van der Waals surface area (Å²) in [7, 11) is -3.70. The Morgan fingerprint density at radius 3 is 2.64 bits per heavy atom. The van der Waals surface area contributed by atoms with E-state index in [0.717, 1.165) is 5.56 Å². The maximum absolute atomic E-state index is 12.6. The number of carbonyl (C=O) groups excluding carboxylic acids is 1. The largest absolute Gasteiger partial charge is 0.487 e. The number of hydrogen-bond acceptors (Lipinski definition) is 5. The summed E-state index contributed by atoms with van der Waals surface area (Å²) >= 11 is 0. The van der Waals surface area contributed by atoms with Crippen LogP contribution in [0.1, 0.15) is 21.5 Å². The number of benzene rings is 2. The molecule has 0 aliphatic heterocycles. The number of ether oxygens (including phenoxy) is 1. The molecule has 144 valence electrons. The number of aryl methyl sites for hydroxylation is 1. The Morgan fingerprint density at radius 1 is 1.11 bits per heavy atom. The third kappa shape index (κ3) is 4.66. The van der Waals surface area contributed by atoms with Crippen molar-refractivity contribution in [2.45, 2.75) is 18.4 Å². The minimum Gasteiger partial charge on any atom is -0.487 e. The van der Waals surface area contributed by atoms with Crippen LogP contribution in [-0.4, -0.2) is 19.3 Å². The lowest BCUT2D eigenvalue weighted by atomic mass is 10.2. The van der Waals surface area contributed by atoms with Crippen molar-refractivity contribution in [2.24, 2.45) is 5.73 Å². The number of amides is 1. The van der Waals surface area contributed by atoms with E-state index >= 15 is 0 Å². The van der Waals surface area contributed by atoms with Crippen molar-refractivity contribution in [3.63, 3.8) is 0 Å². The Labute approximate surface area is 163 Å². The fourth-order valence-corrected chi connectivity index (χ4v) is 3.89. The van der Waals surface area contributed by atoms with Crippen LogP contribution in [0, 0.1) is 6.92 Å². The molecule has 0 aliphatic rings. The normalized spacial score (nSPS) is 11.0. The summed E-state index contributed by atoms with van der Waals surface area (Å²) in [5.41, 5.74) is 7.31. The van der Waals surface area contributed by atoms with Crippen molar-refractivity contribution in [3.8, 4) is 5.75 Å². The molecule has 0 aliphatic carbocycles. The van der Waals surface area contributed by atoms with E-state index in [1.54, 1.807) is 55.5 Å². The summed E-state index contributed by atoms with van der Waals surface area (Å²) < 4.78 is 33.4. The summed E-state index contributed by atoms with van der Waals surface area (Å²) in [6.45, 7) is 1.91. The molecule has 3 aromatic rings. The topological polar surface area (TPSA) is 111 Å². The number of nitrogens with zero attached hydrogens (tertiary/aromatic N) is 1. The van der Waals surface area contributed by atoms with Gasteiger partial charge in [0.15, 0.2) is 0 Å². The second kappa shape index (κ2) is 8.10. The minimum absolute atomic E-state index is 0.170. The monoisotopic (exact) mass is 397 g/mol. The lowest BCUT2D eigenvalue weighted by Gasteiger charge is -2.12. The number of pyridine rings is 1. The molecular formula is C20H19N3O4S. The van der Waals surface area contributed by atoms with Crippen LogP contribution < -0.4 is 15.2 Å². The summed E-state index contributed by atoms with van der Waals surface area (Å²) in [4.78, 5) is 15.3. The van der Waals surface area contributed by atoms with Gasteiger partial charge in [-0.2, -0.15) is 0 Å². The number of primary amides is 1. The summed E-state index contributed by atoms with van der Waals surface area (Å²) in [5, 5.41) is 0. The Hall–Kier alpha value is -3.39. The maximum Gasteiger partial charge on any atom is 0.262 e. The summed E-state index contributed by atoms with van der Waals surface area (Å²) in [5.74, 6) is -0.201. The first-order valence-electron chi connectivity index (χ1n) is 8.40. The molecule has 3 rings (SSSR count). The zero-order chi connectivity index (χ0) is 20.1. The smallest absolute Gasteiger partial charge is 0.262 e. The molecule has 28 heavy (non-hydrogen) atoms. The van der Waals surface area contributed by atoms with Crippen LogP contribution in [0.5, 0.6) is 5.75 Å². The van der Waals surface area contributed by atoms with Gasteiger partial charge in [0.2, 0.25) is 5.91 Å². The molecule has 3 N–H and O–H groups in total. The van der Waals surface area contributed by atoms with Crippen molar-refractivity contribution in [1.29, 1.82) is 0 Å². The number of anilines is 1. The van der Waals surface area contributed by atoms with Gasteiger partial charge in [0.1, 0.15) is 12.4 Å². The third-order valence-electron chi connectivity index (χ3n) is 3.97. The highest BCUT2D eigenvalue weighted by Crippen LogP contribution is 2.21. The van der Waals surface area contributed by atoms with Gasteiger partial charge in [0.25, 0.3) is 10.0 Å². The molecule has 1 aromatic heterocycles. The fraction of sp³-hybridized carbons (Fsp3) is 0.100. The van der Waals surface area contributed by atoms with E-state index in [1.807, 2.05) is 0 Å². The maximum atomic E-state index is 12.6. The first kappa shape index (κ1) is 19.4. The molecule has 0 spiro atoms. The highest BCUT2D eigenvalue weighted by Gasteiger charge is 2.16. The molecule has 0 unspecified atom stereocenters. The van der Waals surface area contributed by atoms with Crippen molar-refractivity contribution >= 4 is 21.6 Å². The Bertz CT molecular complexity index is 1110. The number of hydrogen-bond donors (Lipinski definition) is 2. The number of aromatic nitrogens is 1. The average molecular weight is 397 g/mol. The van der Waals surface area contributed by atoms with Crippen molar-refractivity contribution in [2.75, 3.05) is 4.72 Å². The van der Waals surface area contributed by atoms with Crippen LogP contribution in [-0.2, 0) is 16.6 Å². The zero-order valence-electron chi connectivity index (χ0n) is 15.1. The van der Waals surface area contributed by atoms with Gasteiger partial charge in [-0.15, -0.1) is 0 Å². The molecule has 2 aromatic carbocycles. The van der Waals surface area contributed by atoms with E-state index < -0.39 is 15.9 Å². The van der Waals surface area contributed by atoms with Crippen molar-refractivity contribution < 1.29 is 17.9 Å². The molecule has 0 saturated heterocycles. The highest BCUT2D eigenvalue weighted by molar-refractivity contribution is 7.92. The first-order valence-corrected chi connectivity index (χ1v) is 9.88. The van der Waals surface area contributed by atoms with Gasteiger partial charge in [-0.25, -0.2) is 8.42 Å². The Balaban J connectivity index is 1.73. The molecule has 0 radical (unpaired) electrons. The molecule has 7 nitrogen and oxygen atoms in total. The number of carbonyl (C=O) groups is 1. The molecule has 0 atom stereocenters. The second-order valence-corrected chi connectivity index (χ2v) is 7.78. The van der Waals surface area contributed by atoms with E-state index in [9.17, 15) is 13.2 Å². The van der Waals surface area contributed by atoms with E-state index in [-0.39, 0.29) is 17.1 Å². The van der Waals surface area contributed by atoms with Gasteiger partial charge in [-0.1, -0.05) is 30.3 Å². The number of nitrogens with two attached hydrogens (primary N) is 1. The van der Waals surface area contributed by atoms with Gasteiger partial charge < -0.3 is 10.5 Å². The lowest BCUT2D eigenvalue weighted by molar-refractivity contribution is 0.0999. The molecule has 1 amide bonds. The quantitative estimate of drug-likeness (QED) is 0.637. The lowest BCUT2D eigenvalue weighted by Crippen LogP contribution is -2.14. The van der Waals surface area contributed by atoms with Crippen LogP contribution in [0.2, 0.25) is 0 Å². The highest BCUT2D eigenvalue weighted by atomic mass is 32.2. The van der Waals surface area contributed by atoms with Crippen LogP contribution >= 0.6 is 0 Å². The van der Waals surface area contributed by atoms with Gasteiger partial charge >= 0.3 is 0 Å². The third-order valence-corrected chi connectivity index (χ3v) is 5.51. The predicted octanol–water partition coefficient (Wildman–Crippen LogP) is 2.87. The average Bonchev–Trinajstić information content (AvgIpc) is 2.67. The van der Waals surface area contributed by atoms with Crippen LogP contribution in [0.25, 0.3) is 0 Å². The van der Waals surface area contributed by atoms with E-state index in [1.165, 1.54) is 18.5 Å². The molecule has 0 bridgehead atoms. The van der Waals surface area contributed by atoms with Gasteiger partial charge in [-0.05, 0) is 42.3 Å². The van der Waals surface area contributed by atoms with E-state index in [4.69, 9.17) is 10.5 Å². The minimum atomic E-state index is -3.70. The fourth-order valence-electron chi connectivity index (χ4n) is 2.59. The van der Waals surface area contributed by atoms with Gasteiger partial charge in [-0.3, -0.25) is 14.5 Å². The van der Waals surface area contributed by atoms with Gasteiger partial charge in [0, 0.05) is 11.9 Å². The molecular weight excluding hydrogens is 378 g/mol. The number of sulfonamides is 1. The van der Waals surface area contributed by atoms with Crippen LogP contribution in [0.4, 0.5) is 5.69 Å². The van der Waals surface area contributed by atoms with Crippen molar-refractivity contribution in [1.82, 2.24) is 4.98 Å². The summed E-state index contributed by atoms with van der Waals surface area (Å²) in [6, 6.07) is 15.1. The van der Waals surface area contributed by atoms with Gasteiger partial charge in [0.05, 0.1) is 16.7 Å². The number of rotatable bonds is 7. The summed E-state index contributed by atoms with van der Waals surface area (Å²) in [6.07, 6.45) is 2.83. The van der Waals surface area contributed by atoms with Crippen LogP contribution in [0.15, 0.2) is 71.9 Å². The standard InChI is InChI=1S/C20H19N3O4S/c1-14-5-2-3-8-19(14)28(25,26)23-17-7-4-6-15(9-17)13-27-18-10-16(20(21)24)11-22-12-18/h2-12,23H,13H2,1H3,(H2,21,24). The SMILES string of the molecule is Cc1ccccc1S(=O)(=O)Nc1cccc(COc2cncc(C(N)=O)c2)c1. The van der Waals surface area contributed by atoms with E-state index in [2.05, 4.69) is 9.71 Å². The van der Waals surface area contributed by atoms with Crippen molar-refractivity contribution in [3.05, 3.63) is 83.7 Å². The first-order chi connectivity index (χ1) is 13.3.